The summed E-state index contributed by atoms with van der Waals surface area (Å²) >= 11 is 0. The largest absolute Gasteiger partial charge is 0.396 e. The normalized spacial score (nSPS) is 16.8. The predicted octanol–water partition coefficient (Wildman–Crippen LogP) is 0.178. The van der Waals surface area contributed by atoms with Crippen LogP contribution in [0, 0.1) is 5.41 Å². The van der Waals surface area contributed by atoms with Crippen LogP contribution in [-0.2, 0) is 0 Å². The van der Waals surface area contributed by atoms with Gasteiger partial charge >= 0.3 is 0 Å². The minimum absolute atomic E-state index is 0.240. The fraction of sp³-hybridized carbons (Fsp3) is 0.154. The van der Waals surface area contributed by atoms with Gasteiger partial charge in [-0.3, -0.25) is 5.41 Å². The van der Waals surface area contributed by atoms with E-state index >= 15 is 0 Å². The van der Waals surface area contributed by atoms with Crippen molar-refractivity contribution >= 4 is 34.5 Å². The van der Waals surface area contributed by atoms with Gasteiger partial charge in [0.05, 0.1) is 17.6 Å². The Morgan fingerprint density at radius 2 is 2.09 bits per heavy atom. The molecule has 3 rings (SSSR count). The lowest BCUT2D eigenvalue weighted by Crippen LogP contribution is -2.34. The van der Waals surface area contributed by atoms with E-state index in [0.29, 0.717) is 34.5 Å². The van der Waals surface area contributed by atoms with Crippen molar-refractivity contribution < 1.29 is 0 Å². The van der Waals surface area contributed by atoms with Crippen molar-refractivity contribution in [1.82, 2.24) is 19.5 Å². The molecule has 0 aliphatic carbocycles. The van der Waals surface area contributed by atoms with E-state index in [4.69, 9.17) is 16.9 Å². The Bertz CT molecular complexity index is 854. The van der Waals surface area contributed by atoms with Gasteiger partial charge < -0.3 is 16.4 Å². The maximum absolute atomic E-state index is 7.88. The van der Waals surface area contributed by atoms with Gasteiger partial charge in [0.2, 0.25) is 0 Å². The second kappa shape index (κ2) is 4.95. The standard InChI is InChI=1S/C13H15N9/c1-21(2)12-8(15)5-7(14)11(20-12)19-9-6-18-22-10(16)3-4-17-13(9)22/h3-6,15H,14,16H2,1-2H3/b15-8?,19-11-. The highest BCUT2D eigenvalue weighted by molar-refractivity contribution is 6.48. The summed E-state index contributed by atoms with van der Waals surface area (Å²) in [5, 5.41) is 12.0. The molecule has 0 saturated heterocycles. The van der Waals surface area contributed by atoms with Gasteiger partial charge in [0.15, 0.2) is 17.3 Å². The van der Waals surface area contributed by atoms with Crippen molar-refractivity contribution in [2.24, 2.45) is 15.7 Å². The van der Waals surface area contributed by atoms with Crippen molar-refractivity contribution in [1.29, 1.82) is 5.41 Å². The summed E-state index contributed by atoms with van der Waals surface area (Å²) in [6, 6.07) is 1.65. The van der Waals surface area contributed by atoms with Crippen LogP contribution < -0.4 is 11.5 Å². The van der Waals surface area contributed by atoms with Gasteiger partial charge in [-0.25, -0.2) is 15.0 Å². The Morgan fingerprint density at radius 3 is 2.82 bits per heavy atom. The first-order chi connectivity index (χ1) is 10.5. The van der Waals surface area contributed by atoms with Crippen LogP contribution in [0.5, 0.6) is 0 Å². The highest BCUT2D eigenvalue weighted by Crippen LogP contribution is 2.21. The number of fused-ring (bicyclic) bond motifs is 1. The minimum atomic E-state index is 0.240. The lowest BCUT2D eigenvalue weighted by atomic mass is 10.2. The Morgan fingerprint density at radius 1 is 1.32 bits per heavy atom. The van der Waals surface area contributed by atoms with Crippen molar-refractivity contribution in [3.05, 3.63) is 30.2 Å². The Balaban J connectivity index is 2.12. The number of aliphatic imine (C=N–C) groups is 2. The molecule has 0 fully saturated rings. The molecule has 2 aromatic rings. The van der Waals surface area contributed by atoms with E-state index in [1.54, 1.807) is 37.5 Å². The van der Waals surface area contributed by atoms with Crippen LogP contribution in [0.3, 0.4) is 0 Å². The number of amidine groups is 2. The molecule has 0 saturated carbocycles. The molecule has 3 heterocycles. The van der Waals surface area contributed by atoms with E-state index in [1.807, 2.05) is 0 Å². The van der Waals surface area contributed by atoms with E-state index < -0.39 is 0 Å². The molecule has 9 nitrogen and oxygen atoms in total. The zero-order valence-electron chi connectivity index (χ0n) is 12.1. The molecule has 0 spiro atoms. The fourth-order valence-electron chi connectivity index (χ4n) is 2.03. The molecule has 1 aliphatic rings. The van der Waals surface area contributed by atoms with Crippen LogP contribution in [-0.4, -0.2) is 51.0 Å². The summed E-state index contributed by atoms with van der Waals surface area (Å²) in [7, 11) is 3.61. The zero-order valence-corrected chi connectivity index (χ0v) is 12.1. The molecule has 0 amide bonds. The van der Waals surface area contributed by atoms with E-state index in [2.05, 4.69) is 20.1 Å². The molecule has 1 aliphatic heterocycles. The third-order valence-corrected chi connectivity index (χ3v) is 3.07. The first-order valence-electron chi connectivity index (χ1n) is 6.47. The topological polar surface area (TPSA) is 134 Å². The quantitative estimate of drug-likeness (QED) is 0.690. The lowest BCUT2D eigenvalue weighted by Gasteiger charge is -2.19. The summed E-state index contributed by atoms with van der Waals surface area (Å²) < 4.78 is 1.49. The monoisotopic (exact) mass is 297 g/mol. The number of rotatable bonds is 1. The van der Waals surface area contributed by atoms with Gasteiger partial charge in [0.1, 0.15) is 11.5 Å². The second-order valence-corrected chi connectivity index (χ2v) is 4.91. The molecule has 0 radical (unpaired) electrons. The first-order valence-corrected chi connectivity index (χ1v) is 6.47. The highest BCUT2D eigenvalue weighted by atomic mass is 15.3. The van der Waals surface area contributed by atoms with Crippen LogP contribution in [0.2, 0.25) is 0 Å². The molecule has 5 N–H and O–H groups in total. The van der Waals surface area contributed by atoms with Crippen LogP contribution in [0.15, 0.2) is 40.2 Å². The van der Waals surface area contributed by atoms with E-state index in [-0.39, 0.29) is 5.71 Å². The zero-order chi connectivity index (χ0) is 15.9. The highest BCUT2D eigenvalue weighted by Gasteiger charge is 2.18. The van der Waals surface area contributed by atoms with Crippen LogP contribution in [0.25, 0.3) is 5.65 Å². The summed E-state index contributed by atoms with van der Waals surface area (Å²) in [6.45, 7) is 0. The van der Waals surface area contributed by atoms with Crippen LogP contribution in [0.1, 0.15) is 0 Å². The molecule has 0 aromatic carbocycles. The average molecular weight is 297 g/mol. The van der Waals surface area contributed by atoms with Gasteiger partial charge in [0.25, 0.3) is 0 Å². The average Bonchev–Trinajstić information content (AvgIpc) is 2.86. The Hall–Kier alpha value is -3.23. The van der Waals surface area contributed by atoms with E-state index in [0.717, 1.165) is 0 Å². The number of nitrogens with one attached hydrogen (secondary N) is 1. The number of dihydropyridines is 1. The molecule has 112 valence electrons. The van der Waals surface area contributed by atoms with Crippen molar-refractivity contribution in [2.75, 3.05) is 19.8 Å². The van der Waals surface area contributed by atoms with Crippen LogP contribution >= 0.6 is 0 Å². The summed E-state index contributed by atoms with van der Waals surface area (Å²) in [6.07, 6.45) is 4.65. The molecule has 0 atom stereocenters. The Labute approximate surface area is 126 Å². The van der Waals surface area contributed by atoms with E-state index in [1.165, 1.54) is 10.6 Å². The molecular formula is C13H15N9. The summed E-state index contributed by atoms with van der Waals surface area (Å²) in [4.78, 5) is 14.7. The molecule has 0 bridgehead atoms. The second-order valence-electron chi connectivity index (χ2n) is 4.91. The Kier molecular flexibility index (Phi) is 3.09. The van der Waals surface area contributed by atoms with Crippen LogP contribution in [0.4, 0.5) is 11.5 Å². The minimum Gasteiger partial charge on any atom is -0.396 e. The molecule has 0 unspecified atom stereocenters. The number of nitrogens with zero attached hydrogens (tertiary/aromatic N) is 6. The van der Waals surface area contributed by atoms with Crippen molar-refractivity contribution in [2.45, 2.75) is 0 Å². The number of hydrogen-bond donors (Lipinski definition) is 3. The maximum atomic E-state index is 7.88. The van der Waals surface area contributed by atoms with Gasteiger partial charge in [-0.2, -0.15) is 9.61 Å². The van der Waals surface area contributed by atoms with E-state index in [9.17, 15) is 0 Å². The van der Waals surface area contributed by atoms with Gasteiger partial charge in [-0.05, 0) is 12.1 Å². The number of anilines is 1. The van der Waals surface area contributed by atoms with Crippen molar-refractivity contribution in [3.8, 4) is 0 Å². The molecule has 2 aromatic heterocycles. The van der Waals surface area contributed by atoms with Gasteiger partial charge in [0, 0.05) is 20.3 Å². The summed E-state index contributed by atoms with van der Waals surface area (Å²) in [5.74, 6) is 1.26. The lowest BCUT2D eigenvalue weighted by molar-refractivity contribution is 0.631. The maximum Gasteiger partial charge on any atom is 0.183 e. The number of hydrogen-bond acceptors (Lipinski definition) is 7. The van der Waals surface area contributed by atoms with Crippen molar-refractivity contribution in [3.63, 3.8) is 0 Å². The summed E-state index contributed by atoms with van der Waals surface area (Å²) in [5.41, 5.74) is 13.3. The van der Waals surface area contributed by atoms with Gasteiger partial charge in [-0.15, -0.1) is 0 Å². The number of aromatic nitrogens is 3. The first kappa shape index (κ1) is 13.7. The number of nitrogen functional groups attached to an aromatic ring is 1. The van der Waals surface area contributed by atoms with Gasteiger partial charge in [-0.1, -0.05) is 0 Å². The third-order valence-electron chi connectivity index (χ3n) is 3.07. The molecule has 9 heteroatoms. The smallest absolute Gasteiger partial charge is 0.183 e. The third kappa shape index (κ3) is 2.18. The predicted molar refractivity (Wildman–Crippen MR) is 85.6 cm³/mol. The molecular weight excluding hydrogens is 282 g/mol. The number of nitrogens with two attached hydrogens (primary N) is 2. The SMILES string of the molecule is CN(C)C1=N/C(=N\c2cnn3c(N)ccnc23)C(N)=CC1=N. The molecule has 22 heavy (non-hydrogen) atoms. The fourth-order valence-corrected chi connectivity index (χ4v) is 2.03.